The van der Waals surface area contributed by atoms with Crippen LogP contribution in [0, 0.1) is 0 Å². The van der Waals surface area contributed by atoms with Crippen LogP contribution in [0.1, 0.15) is 105 Å². The second-order valence-corrected chi connectivity index (χ2v) is 25.9. The van der Waals surface area contributed by atoms with E-state index in [1.165, 1.54) is 11.1 Å². The van der Waals surface area contributed by atoms with E-state index in [1.54, 1.807) is 0 Å². The third-order valence-electron chi connectivity index (χ3n) is 16.6. The largest absolute Gasteiger partial charge is 0.311 e. The number of fused-ring (bicyclic) bond motifs is 11. The Labute approximate surface area is 455 Å². The first kappa shape index (κ1) is 49.1. The van der Waals surface area contributed by atoms with Crippen molar-refractivity contribution >= 4 is 98.8 Å². The summed E-state index contributed by atoms with van der Waals surface area (Å²) in [6.45, 7) is 26.6. The summed E-state index contributed by atoms with van der Waals surface area (Å²) in [4.78, 5) is 33.3. The molecule has 0 bridgehead atoms. The fourth-order valence-electron chi connectivity index (χ4n) is 12.2. The summed E-state index contributed by atoms with van der Waals surface area (Å²) >= 11 is 0. The number of nitrogens with zero attached hydrogens (tertiary/aromatic N) is 4. The molecule has 6 nitrogen and oxygen atoms in total. The molecule has 0 spiro atoms. The minimum Gasteiger partial charge on any atom is -0.311 e. The molecule has 0 saturated carbocycles. The standard InChI is InChI=1S/C72H66N4O2/c1-69(2,3)43-21-27-47(28-22-43)73(48-29-23-44(24-30-48)70(4,5)6)49-31-33-50(34-32-49)74-60-19-15-13-17-52(60)54-35-36-55-53-18-14-16-20-61(53)75(66(55)65(54)74)51-41-58-64-59(42-51)68(78)57-40-46(72(10,11)12)26-38-63(57)76(64)62-37-25-45(71(7,8)9)39-56(62)67(58)77/h13-42H,1-12H3. The van der Waals surface area contributed by atoms with Crippen LogP contribution in [0.25, 0.3) is 93.1 Å². The molecule has 4 aromatic heterocycles. The Morgan fingerprint density at radius 1 is 0.295 bits per heavy atom. The summed E-state index contributed by atoms with van der Waals surface area (Å²) < 4.78 is 6.89. The molecule has 13 aromatic rings. The molecule has 13 rings (SSSR count). The summed E-state index contributed by atoms with van der Waals surface area (Å²) in [5.74, 6) is 0. The minimum absolute atomic E-state index is 0.0244. The molecule has 386 valence electrons. The number of hydrogen-bond donors (Lipinski definition) is 0. The topological polar surface area (TPSA) is 51.6 Å². The van der Waals surface area contributed by atoms with E-state index in [4.69, 9.17) is 0 Å². The lowest BCUT2D eigenvalue weighted by Gasteiger charge is -2.28. The fourth-order valence-corrected chi connectivity index (χ4v) is 12.2. The van der Waals surface area contributed by atoms with Gasteiger partial charge in [0.2, 0.25) is 0 Å². The lowest BCUT2D eigenvalue weighted by Crippen LogP contribution is -2.18. The lowest BCUT2D eigenvalue weighted by atomic mass is 9.85. The van der Waals surface area contributed by atoms with Crippen molar-refractivity contribution in [2.45, 2.75) is 105 Å². The molecule has 0 atom stereocenters. The zero-order chi connectivity index (χ0) is 54.5. The quantitative estimate of drug-likeness (QED) is 0.127. The minimum atomic E-state index is -0.191. The van der Waals surface area contributed by atoms with Gasteiger partial charge in [-0.2, -0.15) is 0 Å². The Balaban J connectivity index is 1.09. The number of hydrogen-bond acceptors (Lipinski definition) is 3. The SMILES string of the molecule is CC(C)(C)c1ccc(N(c2ccc(-n3c4ccccc4c4ccc5c6ccccc6n(-c6cc7c(=O)c8cc(C(C)(C)C)ccc8n8c9ccc(C(C)(C)C)cc9c(=O)c(c6)c78)c5c43)cc2)c2ccc(C(C)(C)C)cc2)cc1. The van der Waals surface area contributed by atoms with E-state index < -0.39 is 0 Å². The highest BCUT2D eigenvalue weighted by Crippen LogP contribution is 2.44. The molecule has 78 heavy (non-hydrogen) atoms. The normalized spacial score (nSPS) is 13.0. The van der Waals surface area contributed by atoms with Crippen LogP contribution in [-0.2, 0) is 21.7 Å². The molecule has 6 heteroatoms. The van der Waals surface area contributed by atoms with Crippen molar-refractivity contribution in [1.82, 2.24) is 13.5 Å². The van der Waals surface area contributed by atoms with Gasteiger partial charge in [0.05, 0.1) is 38.6 Å². The number of benzene rings is 9. The predicted molar refractivity (Wildman–Crippen MR) is 332 cm³/mol. The Hall–Kier alpha value is -8.48. The highest BCUT2D eigenvalue weighted by atomic mass is 16.1. The van der Waals surface area contributed by atoms with Crippen LogP contribution in [0.2, 0.25) is 0 Å². The highest BCUT2D eigenvalue weighted by Gasteiger charge is 2.27. The van der Waals surface area contributed by atoms with E-state index in [0.29, 0.717) is 27.1 Å². The molecule has 0 N–H and O–H groups in total. The van der Waals surface area contributed by atoms with Crippen molar-refractivity contribution in [3.8, 4) is 11.4 Å². The fraction of sp³-hybridized carbons (Fsp3) is 0.222. The van der Waals surface area contributed by atoms with Crippen molar-refractivity contribution in [3.05, 3.63) is 225 Å². The Kier molecular flexibility index (Phi) is 10.7. The molecule has 0 amide bonds. The van der Waals surface area contributed by atoms with E-state index >= 15 is 9.59 Å². The molecule has 0 saturated heterocycles. The third-order valence-corrected chi connectivity index (χ3v) is 16.6. The molecule has 4 heterocycles. The zero-order valence-corrected chi connectivity index (χ0v) is 46.9. The van der Waals surface area contributed by atoms with E-state index in [1.807, 2.05) is 12.1 Å². The maximum absolute atomic E-state index is 15.5. The van der Waals surface area contributed by atoms with E-state index in [9.17, 15) is 0 Å². The molecular formula is C72H66N4O2. The predicted octanol–water partition coefficient (Wildman–Crippen LogP) is 18.4. The number of rotatable bonds is 5. The van der Waals surface area contributed by atoms with Gasteiger partial charge < -0.3 is 18.4 Å². The maximum atomic E-state index is 15.5. The van der Waals surface area contributed by atoms with Crippen molar-refractivity contribution in [3.63, 3.8) is 0 Å². The summed E-state index contributed by atoms with van der Waals surface area (Å²) in [7, 11) is 0. The van der Waals surface area contributed by atoms with Crippen molar-refractivity contribution in [2.75, 3.05) is 4.90 Å². The van der Waals surface area contributed by atoms with E-state index in [0.717, 1.165) is 94.2 Å². The number of para-hydroxylation sites is 2. The molecule has 0 aliphatic carbocycles. The average Bonchev–Trinajstić information content (AvgIpc) is 4.00. The van der Waals surface area contributed by atoms with Gasteiger partial charge in [-0.15, -0.1) is 0 Å². The number of pyridine rings is 2. The Morgan fingerprint density at radius 3 is 1.05 bits per heavy atom. The average molecular weight is 1020 g/mol. The molecule has 0 radical (unpaired) electrons. The van der Waals surface area contributed by atoms with Gasteiger partial charge in [0.15, 0.2) is 10.9 Å². The smallest absolute Gasteiger partial charge is 0.197 e. The lowest BCUT2D eigenvalue weighted by molar-refractivity contribution is 0.590. The van der Waals surface area contributed by atoms with Crippen LogP contribution in [0.3, 0.4) is 0 Å². The first-order valence-corrected chi connectivity index (χ1v) is 27.5. The van der Waals surface area contributed by atoms with Gasteiger partial charge >= 0.3 is 0 Å². The van der Waals surface area contributed by atoms with E-state index in [-0.39, 0.29) is 32.5 Å². The maximum Gasteiger partial charge on any atom is 0.197 e. The van der Waals surface area contributed by atoms with Gasteiger partial charge in [-0.3, -0.25) is 9.59 Å². The van der Waals surface area contributed by atoms with Gasteiger partial charge in [-0.25, -0.2) is 0 Å². The van der Waals surface area contributed by atoms with E-state index in [2.05, 4.69) is 271 Å². The second kappa shape index (κ2) is 17.0. The van der Waals surface area contributed by atoms with Crippen LogP contribution < -0.4 is 15.8 Å². The van der Waals surface area contributed by atoms with Gasteiger partial charge in [-0.1, -0.05) is 168 Å². The molecule has 0 unspecified atom stereocenters. The second-order valence-electron chi connectivity index (χ2n) is 25.9. The first-order valence-electron chi connectivity index (χ1n) is 27.5. The number of anilines is 3. The summed E-state index contributed by atoms with van der Waals surface area (Å²) in [6.07, 6.45) is 0. The highest BCUT2D eigenvalue weighted by molar-refractivity contribution is 6.24. The van der Waals surface area contributed by atoms with Gasteiger partial charge in [0, 0.05) is 71.5 Å². The zero-order valence-electron chi connectivity index (χ0n) is 46.9. The first-order chi connectivity index (χ1) is 37.1. The van der Waals surface area contributed by atoms with Crippen LogP contribution in [0.4, 0.5) is 17.1 Å². The van der Waals surface area contributed by atoms with Crippen molar-refractivity contribution in [1.29, 1.82) is 0 Å². The van der Waals surface area contributed by atoms with Crippen molar-refractivity contribution in [2.24, 2.45) is 0 Å². The Morgan fingerprint density at radius 2 is 0.654 bits per heavy atom. The molecule has 0 aliphatic heterocycles. The monoisotopic (exact) mass is 1020 g/mol. The van der Waals surface area contributed by atoms with Crippen LogP contribution >= 0.6 is 0 Å². The van der Waals surface area contributed by atoms with Gasteiger partial charge in [-0.05, 0) is 141 Å². The molecule has 0 fully saturated rings. The Bertz CT molecular complexity index is 4540. The van der Waals surface area contributed by atoms with Crippen LogP contribution in [0.5, 0.6) is 0 Å². The molecular weight excluding hydrogens is 953 g/mol. The van der Waals surface area contributed by atoms with Gasteiger partial charge in [0.1, 0.15) is 0 Å². The summed E-state index contributed by atoms with van der Waals surface area (Å²) in [5.41, 5.74) is 15.5. The number of aromatic nitrogens is 3. The summed E-state index contributed by atoms with van der Waals surface area (Å²) in [5, 5.41) is 6.69. The van der Waals surface area contributed by atoms with Crippen LogP contribution in [-0.4, -0.2) is 13.5 Å². The third kappa shape index (κ3) is 7.58. The molecule has 0 aliphatic rings. The summed E-state index contributed by atoms with van der Waals surface area (Å²) in [6, 6.07) is 65.3. The van der Waals surface area contributed by atoms with Crippen LogP contribution in [0.15, 0.2) is 192 Å². The van der Waals surface area contributed by atoms with Gasteiger partial charge in [0.25, 0.3) is 0 Å². The van der Waals surface area contributed by atoms with Crippen molar-refractivity contribution < 1.29 is 0 Å². The molecule has 9 aromatic carbocycles.